The van der Waals surface area contributed by atoms with Crippen molar-refractivity contribution in [1.82, 2.24) is 5.32 Å². The zero-order valence-corrected chi connectivity index (χ0v) is 12.2. The van der Waals surface area contributed by atoms with Crippen molar-refractivity contribution in [3.8, 4) is 0 Å². The van der Waals surface area contributed by atoms with E-state index in [1.54, 1.807) is 6.07 Å². The van der Waals surface area contributed by atoms with Gasteiger partial charge in [-0.2, -0.15) is 0 Å². The van der Waals surface area contributed by atoms with Crippen molar-refractivity contribution in [2.75, 3.05) is 13.7 Å². The van der Waals surface area contributed by atoms with Gasteiger partial charge in [0, 0.05) is 24.1 Å². The monoisotopic (exact) mass is 281 g/mol. The largest absolute Gasteiger partial charge is 0.463 e. The molecule has 2 N–H and O–H groups in total. The molecule has 0 aliphatic heterocycles. The lowest BCUT2D eigenvalue weighted by atomic mass is 9.98. The van der Waals surface area contributed by atoms with Crippen LogP contribution in [0.25, 0.3) is 0 Å². The van der Waals surface area contributed by atoms with E-state index in [2.05, 4.69) is 10.1 Å². The van der Waals surface area contributed by atoms with Gasteiger partial charge < -0.3 is 19.6 Å². The second-order valence-corrected chi connectivity index (χ2v) is 5.40. The number of hydrogen-bond donors (Lipinski definition) is 2. The third-order valence-electron chi connectivity index (χ3n) is 4.12. The predicted octanol–water partition coefficient (Wildman–Crippen LogP) is 2.02. The van der Waals surface area contributed by atoms with Gasteiger partial charge in [-0.15, -0.1) is 0 Å². The Hall–Kier alpha value is -1.33. The Morgan fingerprint density at radius 1 is 1.50 bits per heavy atom. The Morgan fingerprint density at radius 2 is 2.20 bits per heavy atom. The van der Waals surface area contributed by atoms with Gasteiger partial charge in [0.15, 0.2) is 0 Å². The number of methoxy groups -OCH3 is 1. The fraction of sp³-hybridized carbons (Fsp3) is 0.667. The molecule has 5 heteroatoms. The van der Waals surface area contributed by atoms with Crippen molar-refractivity contribution in [3.63, 3.8) is 0 Å². The van der Waals surface area contributed by atoms with Crippen molar-refractivity contribution in [3.05, 3.63) is 23.2 Å². The van der Waals surface area contributed by atoms with Crippen LogP contribution in [0.5, 0.6) is 0 Å². The molecule has 0 atom stereocenters. The molecule has 0 amide bonds. The van der Waals surface area contributed by atoms with Gasteiger partial charge in [0.05, 0.1) is 13.7 Å². The van der Waals surface area contributed by atoms with Crippen LogP contribution in [0.3, 0.4) is 0 Å². The van der Waals surface area contributed by atoms with Crippen molar-refractivity contribution in [2.24, 2.45) is 0 Å². The van der Waals surface area contributed by atoms with Crippen LogP contribution in [0, 0.1) is 0 Å². The number of aliphatic hydroxyl groups is 1. The maximum atomic E-state index is 11.5. The quantitative estimate of drug-likeness (QED) is 0.781. The summed E-state index contributed by atoms with van der Waals surface area (Å²) in [4.78, 5) is 11.5. The molecule has 0 unspecified atom stereocenters. The molecule has 1 aromatic rings. The van der Waals surface area contributed by atoms with Crippen LogP contribution >= 0.6 is 0 Å². The first-order valence-corrected chi connectivity index (χ1v) is 7.20. The summed E-state index contributed by atoms with van der Waals surface area (Å²) in [5, 5.41) is 13.0. The lowest BCUT2D eigenvalue weighted by molar-refractivity contribution is 0.0563. The van der Waals surface area contributed by atoms with E-state index in [4.69, 9.17) is 4.42 Å². The van der Waals surface area contributed by atoms with Crippen molar-refractivity contribution >= 4 is 5.97 Å². The summed E-state index contributed by atoms with van der Waals surface area (Å²) in [6, 6.07) is 1.73. The maximum absolute atomic E-state index is 11.5. The number of nitrogens with one attached hydrogen (secondary N) is 1. The summed E-state index contributed by atoms with van der Waals surface area (Å²) in [6.45, 7) is 2.74. The number of aryl methyl sites for hydroxylation is 1. The summed E-state index contributed by atoms with van der Waals surface area (Å²) >= 11 is 0. The Kier molecular flexibility index (Phi) is 4.83. The lowest BCUT2D eigenvalue weighted by Crippen LogP contribution is -2.45. The molecule has 0 radical (unpaired) electrons. The summed E-state index contributed by atoms with van der Waals surface area (Å²) in [5.74, 6) is 0.582. The van der Waals surface area contributed by atoms with E-state index in [9.17, 15) is 9.90 Å². The van der Waals surface area contributed by atoms with Gasteiger partial charge in [0.1, 0.15) is 5.76 Å². The smallest absolute Gasteiger partial charge is 0.373 e. The Morgan fingerprint density at radius 3 is 2.75 bits per heavy atom. The van der Waals surface area contributed by atoms with Crippen molar-refractivity contribution in [1.29, 1.82) is 0 Å². The van der Waals surface area contributed by atoms with Gasteiger partial charge in [0.2, 0.25) is 5.76 Å². The minimum absolute atomic E-state index is 0.149. The first-order chi connectivity index (χ1) is 9.64. The van der Waals surface area contributed by atoms with Crippen LogP contribution < -0.4 is 5.32 Å². The van der Waals surface area contributed by atoms with E-state index in [0.717, 1.165) is 43.4 Å². The van der Waals surface area contributed by atoms with E-state index in [-0.39, 0.29) is 17.9 Å². The van der Waals surface area contributed by atoms with E-state index in [1.807, 2.05) is 6.92 Å². The third kappa shape index (κ3) is 3.04. The van der Waals surface area contributed by atoms with Gasteiger partial charge in [-0.25, -0.2) is 4.79 Å². The second kappa shape index (κ2) is 6.41. The molecule has 1 fully saturated rings. The fourth-order valence-corrected chi connectivity index (χ4v) is 2.84. The molecular weight excluding hydrogens is 258 g/mol. The van der Waals surface area contributed by atoms with Gasteiger partial charge in [-0.1, -0.05) is 19.8 Å². The van der Waals surface area contributed by atoms with Crippen LogP contribution in [0.1, 0.15) is 54.5 Å². The van der Waals surface area contributed by atoms with Crippen LogP contribution in [0.2, 0.25) is 0 Å². The van der Waals surface area contributed by atoms with Crippen LogP contribution in [-0.4, -0.2) is 30.3 Å². The van der Waals surface area contributed by atoms with Crippen molar-refractivity contribution in [2.45, 2.75) is 51.1 Å². The minimum atomic E-state index is -0.455. The molecule has 0 aromatic carbocycles. The lowest BCUT2D eigenvalue weighted by Gasteiger charge is -2.28. The zero-order valence-electron chi connectivity index (χ0n) is 12.2. The highest BCUT2D eigenvalue weighted by Gasteiger charge is 2.32. The van der Waals surface area contributed by atoms with Crippen LogP contribution in [-0.2, 0) is 17.7 Å². The molecule has 20 heavy (non-hydrogen) atoms. The average Bonchev–Trinajstić information content (AvgIpc) is 3.11. The summed E-state index contributed by atoms with van der Waals surface area (Å²) in [6.07, 6.45) is 5.00. The van der Waals surface area contributed by atoms with Gasteiger partial charge >= 0.3 is 5.97 Å². The number of hydrogen-bond acceptors (Lipinski definition) is 5. The van der Waals surface area contributed by atoms with Crippen molar-refractivity contribution < 1.29 is 19.1 Å². The topological polar surface area (TPSA) is 71.7 Å². The van der Waals surface area contributed by atoms with Gasteiger partial charge in [-0.05, 0) is 18.9 Å². The first-order valence-electron chi connectivity index (χ1n) is 7.20. The number of carbonyl (C=O) groups excluding carboxylic acids is 1. The molecule has 1 aliphatic carbocycles. The maximum Gasteiger partial charge on any atom is 0.373 e. The number of rotatable bonds is 6. The normalized spacial score (nSPS) is 17.4. The highest BCUT2D eigenvalue weighted by Crippen LogP contribution is 2.30. The number of ether oxygens (including phenoxy) is 1. The summed E-state index contributed by atoms with van der Waals surface area (Å²) in [7, 11) is 1.34. The minimum Gasteiger partial charge on any atom is -0.463 e. The molecular formula is C15H23NO4. The number of esters is 1. The average molecular weight is 281 g/mol. The summed E-state index contributed by atoms with van der Waals surface area (Å²) in [5.41, 5.74) is 0.792. The molecule has 1 heterocycles. The second-order valence-electron chi connectivity index (χ2n) is 5.40. The number of furan rings is 1. The van der Waals surface area contributed by atoms with Crippen LogP contribution in [0.4, 0.5) is 0 Å². The number of aliphatic hydroxyl groups excluding tert-OH is 1. The third-order valence-corrected chi connectivity index (χ3v) is 4.12. The fourth-order valence-electron chi connectivity index (χ4n) is 2.84. The van der Waals surface area contributed by atoms with Crippen LogP contribution in [0.15, 0.2) is 10.5 Å². The highest BCUT2D eigenvalue weighted by atomic mass is 16.5. The Balaban J connectivity index is 2.08. The molecule has 2 rings (SSSR count). The molecule has 1 aromatic heterocycles. The Bertz CT molecular complexity index is 460. The molecule has 5 nitrogen and oxygen atoms in total. The highest BCUT2D eigenvalue weighted by molar-refractivity contribution is 5.86. The molecule has 0 spiro atoms. The molecule has 0 bridgehead atoms. The molecule has 0 saturated heterocycles. The SMILES string of the molecule is CCc1oc(C(=O)OC)cc1CNC1(CO)CCCC1. The first kappa shape index (κ1) is 15.1. The van der Waals surface area contributed by atoms with Gasteiger partial charge in [-0.3, -0.25) is 0 Å². The molecule has 112 valence electrons. The number of carbonyl (C=O) groups is 1. The van der Waals surface area contributed by atoms with Gasteiger partial charge in [0.25, 0.3) is 0 Å². The zero-order chi connectivity index (χ0) is 14.6. The standard InChI is InChI=1S/C15H23NO4/c1-3-12-11(8-13(20-12)14(18)19-2)9-16-15(10-17)6-4-5-7-15/h8,16-17H,3-7,9-10H2,1-2H3. The van der Waals surface area contributed by atoms with E-state index in [0.29, 0.717) is 6.54 Å². The van der Waals surface area contributed by atoms with E-state index >= 15 is 0 Å². The molecule has 1 aliphatic rings. The molecule has 1 saturated carbocycles. The Labute approximate surface area is 119 Å². The van der Waals surface area contributed by atoms with E-state index < -0.39 is 5.97 Å². The predicted molar refractivity (Wildman–Crippen MR) is 74.6 cm³/mol. The van der Waals surface area contributed by atoms with E-state index in [1.165, 1.54) is 7.11 Å². The summed E-state index contributed by atoms with van der Waals surface area (Å²) < 4.78 is 10.2.